The van der Waals surface area contributed by atoms with E-state index in [4.69, 9.17) is 9.47 Å². The molecule has 0 saturated heterocycles. The normalized spacial score (nSPS) is 15.0. The van der Waals surface area contributed by atoms with E-state index in [9.17, 15) is 9.59 Å². The van der Waals surface area contributed by atoms with Gasteiger partial charge in [0.15, 0.2) is 4.80 Å². The summed E-state index contributed by atoms with van der Waals surface area (Å²) >= 11 is 7.01. The van der Waals surface area contributed by atoms with Gasteiger partial charge in [0, 0.05) is 4.47 Å². The summed E-state index contributed by atoms with van der Waals surface area (Å²) in [5.74, 6) is 0.313. The number of fused-ring (bicyclic) bond motifs is 1. The van der Waals surface area contributed by atoms with Gasteiger partial charge in [-0.05, 0) is 90.4 Å². The zero-order valence-corrected chi connectivity index (χ0v) is 26.7. The van der Waals surface area contributed by atoms with Crippen LogP contribution in [0, 0.1) is 10.5 Å². The van der Waals surface area contributed by atoms with E-state index in [1.807, 2.05) is 79.7 Å². The lowest BCUT2D eigenvalue weighted by Crippen LogP contribution is -2.39. The second-order valence-corrected chi connectivity index (χ2v) is 12.4. The van der Waals surface area contributed by atoms with Gasteiger partial charge in [-0.2, -0.15) is 0 Å². The molecule has 0 unspecified atom stereocenters. The van der Waals surface area contributed by atoms with Gasteiger partial charge in [-0.3, -0.25) is 9.36 Å². The Morgan fingerprint density at radius 3 is 2.50 bits per heavy atom. The SMILES string of the molecule is CCOC(=O)C1=C(C)N=c2s/c(=C/c3ccc(OCc4ccc(Br)cc4)c(I)c3)c(=O)n2[C@@H]1c1ccc(C)cc1. The van der Waals surface area contributed by atoms with Crippen LogP contribution < -0.4 is 19.6 Å². The maximum Gasteiger partial charge on any atom is 0.338 e. The third-order valence-electron chi connectivity index (χ3n) is 6.47. The monoisotopic (exact) mass is 728 g/mol. The van der Waals surface area contributed by atoms with Crippen LogP contribution in [0.15, 0.2) is 92.3 Å². The number of aromatic nitrogens is 1. The number of rotatable bonds is 7. The van der Waals surface area contributed by atoms with Crippen LogP contribution in [0.25, 0.3) is 6.08 Å². The molecule has 3 aromatic carbocycles. The quantitative estimate of drug-likeness (QED) is 0.172. The van der Waals surface area contributed by atoms with E-state index in [0.29, 0.717) is 27.2 Å². The minimum Gasteiger partial charge on any atom is -0.488 e. The molecule has 2 heterocycles. The molecule has 1 atom stereocenters. The van der Waals surface area contributed by atoms with Crippen molar-refractivity contribution in [2.75, 3.05) is 6.61 Å². The number of nitrogens with zero attached hydrogens (tertiary/aromatic N) is 2. The van der Waals surface area contributed by atoms with E-state index in [1.165, 1.54) is 11.3 Å². The van der Waals surface area contributed by atoms with E-state index in [-0.39, 0.29) is 12.2 Å². The molecule has 5 rings (SSSR count). The first-order valence-corrected chi connectivity index (χ1v) is 15.4. The molecule has 1 aliphatic rings. The molecule has 0 saturated carbocycles. The lowest BCUT2D eigenvalue weighted by Gasteiger charge is -2.24. The fourth-order valence-corrected chi connectivity index (χ4v) is 6.48. The molecule has 0 radical (unpaired) electrons. The first-order valence-electron chi connectivity index (χ1n) is 12.7. The van der Waals surface area contributed by atoms with Gasteiger partial charge >= 0.3 is 5.97 Å². The van der Waals surface area contributed by atoms with Crippen molar-refractivity contribution in [3.63, 3.8) is 0 Å². The van der Waals surface area contributed by atoms with Crippen molar-refractivity contribution in [1.29, 1.82) is 0 Å². The van der Waals surface area contributed by atoms with Crippen LogP contribution in [0.1, 0.15) is 42.1 Å². The summed E-state index contributed by atoms with van der Waals surface area (Å²) < 4.78 is 15.5. The number of ether oxygens (including phenoxy) is 2. The minimum absolute atomic E-state index is 0.200. The Balaban J connectivity index is 1.51. The number of allylic oxidation sites excluding steroid dienone is 1. The van der Waals surface area contributed by atoms with Crippen molar-refractivity contribution in [3.05, 3.63) is 128 Å². The molecule has 0 spiro atoms. The van der Waals surface area contributed by atoms with Crippen molar-refractivity contribution in [3.8, 4) is 5.75 Å². The lowest BCUT2D eigenvalue weighted by atomic mass is 9.95. The van der Waals surface area contributed by atoms with Gasteiger partial charge < -0.3 is 9.47 Å². The maximum absolute atomic E-state index is 13.8. The molecule has 9 heteroatoms. The maximum atomic E-state index is 13.8. The topological polar surface area (TPSA) is 69.9 Å². The molecule has 204 valence electrons. The highest BCUT2D eigenvalue weighted by Gasteiger charge is 2.33. The largest absolute Gasteiger partial charge is 0.488 e. The van der Waals surface area contributed by atoms with E-state index < -0.39 is 12.0 Å². The summed E-state index contributed by atoms with van der Waals surface area (Å²) in [6.07, 6.45) is 1.86. The molecule has 0 fully saturated rings. The van der Waals surface area contributed by atoms with Crippen LogP contribution in [0.3, 0.4) is 0 Å². The number of carbonyl (C=O) groups is 1. The number of carbonyl (C=O) groups excluding carboxylic acids is 1. The number of hydrogen-bond acceptors (Lipinski definition) is 6. The Hall–Kier alpha value is -3.02. The van der Waals surface area contributed by atoms with Crippen LogP contribution in [0.5, 0.6) is 5.75 Å². The first kappa shape index (κ1) is 28.5. The molecule has 1 aromatic heterocycles. The standard InChI is InChI=1S/C31H26BrIN2O4S/c1-4-38-30(37)27-19(3)34-31-35(28(27)22-10-5-18(2)6-11-22)29(36)26(40-31)16-21-9-14-25(24(33)15-21)39-17-20-7-12-23(32)13-8-20/h5-16,28H,4,17H2,1-3H3/b26-16+/t28-/m1/s1. The molecule has 0 bridgehead atoms. The van der Waals surface area contributed by atoms with Crippen LogP contribution >= 0.6 is 49.9 Å². The van der Waals surface area contributed by atoms with Crippen LogP contribution in [0.4, 0.5) is 0 Å². The molecular weight excluding hydrogens is 703 g/mol. The lowest BCUT2D eigenvalue weighted by molar-refractivity contribution is -0.139. The third-order valence-corrected chi connectivity index (χ3v) is 8.83. The Bertz CT molecular complexity index is 1790. The van der Waals surface area contributed by atoms with Crippen LogP contribution in [0.2, 0.25) is 0 Å². The number of esters is 1. The van der Waals surface area contributed by atoms with Crippen molar-refractivity contribution < 1.29 is 14.3 Å². The second-order valence-electron chi connectivity index (χ2n) is 9.32. The van der Waals surface area contributed by atoms with E-state index in [2.05, 4.69) is 43.5 Å². The second kappa shape index (κ2) is 12.2. The summed E-state index contributed by atoms with van der Waals surface area (Å²) in [6, 6.07) is 21.1. The highest BCUT2D eigenvalue weighted by molar-refractivity contribution is 14.1. The third kappa shape index (κ3) is 6.01. The number of hydrogen-bond donors (Lipinski definition) is 0. The summed E-state index contributed by atoms with van der Waals surface area (Å²) in [7, 11) is 0. The smallest absolute Gasteiger partial charge is 0.338 e. The summed E-state index contributed by atoms with van der Waals surface area (Å²) in [4.78, 5) is 32.1. The Morgan fingerprint density at radius 1 is 1.10 bits per heavy atom. The number of halogens is 2. The van der Waals surface area contributed by atoms with E-state index in [0.717, 1.165) is 36.0 Å². The van der Waals surface area contributed by atoms with Gasteiger partial charge in [-0.25, -0.2) is 9.79 Å². The molecule has 40 heavy (non-hydrogen) atoms. The van der Waals surface area contributed by atoms with E-state index in [1.54, 1.807) is 18.4 Å². The average Bonchev–Trinajstić information content (AvgIpc) is 3.23. The predicted octanol–water partition coefficient (Wildman–Crippen LogP) is 6.05. The zero-order chi connectivity index (χ0) is 28.4. The summed E-state index contributed by atoms with van der Waals surface area (Å²) in [6.45, 7) is 6.26. The van der Waals surface area contributed by atoms with Gasteiger partial charge in [-0.1, -0.05) is 75.3 Å². The highest BCUT2D eigenvalue weighted by Crippen LogP contribution is 2.31. The molecular formula is C31H26BrIN2O4S. The number of aryl methyl sites for hydroxylation is 1. The summed E-state index contributed by atoms with van der Waals surface area (Å²) in [5.41, 5.74) is 4.61. The summed E-state index contributed by atoms with van der Waals surface area (Å²) in [5, 5.41) is 0. The number of benzene rings is 3. The average molecular weight is 729 g/mol. The Morgan fingerprint density at radius 2 is 1.82 bits per heavy atom. The van der Waals surface area contributed by atoms with Gasteiger partial charge in [0.1, 0.15) is 12.4 Å². The van der Waals surface area contributed by atoms with Gasteiger partial charge in [-0.15, -0.1) is 0 Å². The molecule has 6 nitrogen and oxygen atoms in total. The Kier molecular flexibility index (Phi) is 8.72. The fourth-order valence-electron chi connectivity index (χ4n) is 4.47. The fraction of sp³-hybridized carbons (Fsp3) is 0.194. The van der Waals surface area contributed by atoms with Crippen LogP contribution in [-0.2, 0) is 16.1 Å². The minimum atomic E-state index is -0.618. The van der Waals surface area contributed by atoms with Crippen molar-refractivity contribution >= 4 is 61.9 Å². The predicted molar refractivity (Wildman–Crippen MR) is 169 cm³/mol. The molecule has 0 aliphatic carbocycles. The zero-order valence-electron chi connectivity index (χ0n) is 22.1. The van der Waals surface area contributed by atoms with Crippen molar-refractivity contribution in [2.24, 2.45) is 4.99 Å². The molecule has 4 aromatic rings. The van der Waals surface area contributed by atoms with Gasteiger partial charge in [0.25, 0.3) is 5.56 Å². The van der Waals surface area contributed by atoms with Crippen LogP contribution in [-0.4, -0.2) is 17.1 Å². The van der Waals surface area contributed by atoms with Gasteiger partial charge in [0.2, 0.25) is 0 Å². The molecule has 0 N–H and O–H groups in total. The molecule has 0 amide bonds. The van der Waals surface area contributed by atoms with Crippen molar-refractivity contribution in [2.45, 2.75) is 33.4 Å². The highest BCUT2D eigenvalue weighted by atomic mass is 127. The van der Waals surface area contributed by atoms with Crippen molar-refractivity contribution in [1.82, 2.24) is 4.57 Å². The van der Waals surface area contributed by atoms with Gasteiger partial charge in [0.05, 0.1) is 32.0 Å². The molecule has 1 aliphatic heterocycles. The van der Waals surface area contributed by atoms with E-state index >= 15 is 0 Å². The Labute approximate surface area is 258 Å². The number of thiazole rings is 1. The first-order chi connectivity index (χ1) is 19.2.